The van der Waals surface area contributed by atoms with E-state index in [1.54, 1.807) is 0 Å². The van der Waals surface area contributed by atoms with Crippen LogP contribution in [0, 0.1) is 0 Å². The van der Waals surface area contributed by atoms with Crippen molar-refractivity contribution in [3.05, 3.63) is 41.5 Å². The van der Waals surface area contributed by atoms with Gasteiger partial charge < -0.3 is 14.6 Å². The molecule has 1 aromatic carbocycles. The first-order valence-corrected chi connectivity index (χ1v) is 7.80. The molecule has 0 aliphatic carbocycles. The van der Waals surface area contributed by atoms with Crippen molar-refractivity contribution >= 4 is 12.4 Å². The van der Waals surface area contributed by atoms with E-state index in [1.165, 1.54) is 5.56 Å². The Morgan fingerprint density at radius 1 is 1.17 bits per heavy atom. The summed E-state index contributed by atoms with van der Waals surface area (Å²) in [5, 5.41) is 7.13. The molecule has 5 nitrogen and oxygen atoms in total. The van der Waals surface area contributed by atoms with Gasteiger partial charge in [-0.15, -0.1) is 12.4 Å². The van der Waals surface area contributed by atoms with Gasteiger partial charge in [-0.25, -0.2) is 0 Å². The zero-order chi connectivity index (χ0) is 15.9. The maximum Gasteiger partial charge on any atom is 0.230 e. The Kier molecular flexibility index (Phi) is 8.06. The lowest BCUT2D eigenvalue weighted by atomic mass is 10.0. The highest BCUT2D eigenvalue weighted by Gasteiger charge is 2.09. The number of benzene rings is 1. The van der Waals surface area contributed by atoms with E-state index in [9.17, 15) is 0 Å². The van der Waals surface area contributed by atoms with E-state index in [1.807, 2.05) is 19.2 Å². The number of likely N-dealkylation sites (N-methyl/N-ethyl adjacent to an activating group) is 1. The second-order valence-corrected chi connectivity index (χ2v) is 5.82. The molecule has 0 fully saturated rings. The minimum absolute atomic E-state index is 0. The van der Waals surface area contributed by atoms with Crippen LogP contribution in [0.5, 0.6) is 5.75 Å². The molecular weight excluding hydrogens is 314 g/mol. The lowest BCUT2D eigenvalue weighted by Gasteiger charge is -2.08. The molecule has 2 aromatic rings. The molecule has 0 aliphatic heterocycles. The van der Waals surface area contributed by atoms with Gasteiger partial charge in [0.2, 0.25) is 5.89 Å². The number of hydrogen-bond donors (Lipinski definition) is 1. The fraction of sp³-hybridized carbons (Fsp3) is 0.529. The van der Waals surface area contributed by atoms with E-state index < -0.39 is 0 Å². The molecule has 1 aromatic heterocycles. The molecule has 1 unspecified atom stereocenters. The summed E-state index contributed by atoms with van der Waals surface area (Å²) in [5.74, 6) is 2.76. The molecule has 1 N–H and O–H groups in total. The summed E-state index contributed by atoms with van der Waals surface area (Å²) in [4.78, 5) is 4.37. The summed E-state index contributed by atoms with van der Waals surface area (Å²) in [6.07, 6.45) is 1.38. The van der Waals surface area contributed by atoms with Crippen LogP contribution in [0.15, 0.2) is 28.8 Å². The minimum atomic E-state index is 0. The highest BCUT2D eigenvalue weighted by Crippen LogP contribution is 2.18. The van der Waals surface area contributed by atoms with Crippen molar-refractivity contribution in [2.75, 3.05) is 13.7 Å². The summed E-state index contributed by atoms with van der Waals surface area (Å²) < 4.78 is 10.9. The average Bonchev–Trinajstić information content (AvgIpc) is 2.95. The summed E-state index contributed by atoms with van der Waals surface area (Å²) >= 11 is 0. The minimum Gasteiger partial charge on any atom is -0.493 e. The Hall–Kier alpha value is -1.59. The van der Waals surface area contributed by atoms with E-state index in [4.69, 9.17) is 9.26 Å². The predicted octanol–water partition coefficient (Wildman–Crippen LogP) is 3.39. The Labute approximate surface area is 144 Å². The molecule has 0 spiro atoms. The second kappa shape index (κ2) is 9.53. The first kappa shape index (κ1) is 19.5. The molecule has 128 valence electrons. The molecule has 0 saturated carbocycles. The van der Waals surface area contributed by atoms with Crippen LogP contribution in [0.1, 0.15) is 44.0 Å². The van der Waals surface area contributed by atoms with Gasteiger partial charge in [0.1, 0.15) is 5.75 Å². The van der Waals surface area contributed by atoms with E-state index in [-0.39, 0.29) is 12.4 Å². The van der Waals surface area contributed by atoms with Crippen molar-refractivity contribution in [3.8, 4) is 5.75 Å². The van der Waals surface area contributed by atoms with E-state index >= 15 is 0 Å². The van der Waals surface area contributed by atoms with Gasteiger partial charge in [-0.05, 0) is 37.6 Å². The smallest absolute Gasteiger partial charge is 0.230 e. The zero-order valence-corrected chi connectivity index (χ0v) is 15.0. The molecule has 6 heteroatoms. The summed E-state index contributed by atoms with van der Waals surface area (Å²) in [7, 11) is 1.92. The maximum absolute atomic E-state index is 5.72. The van der Waals surface area contributed by atoms with Gasteiger partial charge in [-0.1, -0.05) is 31.1 Å². The van der Waals surface area contributed by atoms with Crippen molar-refractivity contribution in [1.82, 2.24) is 15.5 Å². The molecule has 1 atom stereocenters. The SMILES string of the molecule is CNC(C)Cc1noc(CCOc2ccc(C(C)C)cc2)n1.Cl. The van der Waals surface area contributed by atoms with Crippen molar-refractivity contribution in [2.45, 2.75) is 45.6 Å². The van der Waals surface area contributed by atoms with E-state index in [0.29, 0.717) is 30.9 Å². The Bertz CT molecular complexity index is 569. The highest BCUT2D eigenvalue weighted by molar-refractivity contribution is 5.85. The molecule has 0 saturated heterocycles. The molecule has 0 bridgehead atoms. The number of nitrogens with one attached hydrogen (secondary N) is 1. The van der Waals surface area contributed by atoms with Crippen molar-refractivity contribution in [3.63, 3.8) is 0 Å². The second-order valence-electron chi connectivity index (χ2n) is 5.82. The molecule has 0 radical (unpaired) electrons. The van der Waals surface area contributed by atoms with Gasteiger partial charge in [0.25, 0.3) is 0 Å². The number of rotatable bonds is 8. The Morgan fingerprint density at radius 2 is 1.87 bits per heavy atom. The topological polar surface area (TPSA) is 60.2 Å². The van der Waals surface area contributed by atoms with Crippen LogP contribution in [0.2, 0.25) is 0 Å². The van der Waals surface area contributed by atoms with Gasteiger partial charge in [0.05, 0.1) is 13.0 Å². The largest absolute Gasteiger partial charge is 0.493 e. The van der Waals surface area contributed by atoms with Crippen molar-refractivity contribution < 1.29 is 9.26 Å². The quantitative estimate of drug-likeness (QED) is 0.798. The third-order valence-corrected chi connectivity index (χ3v) is 3.62. The fourth-order valence-corrected chi connectivity index (χ4v) is 2.06. The lowest BCUT2D eigenvalue weighted by molar-refractivity contribution is 0.291. The number of aromatic nitrogens is 2. The first-order valence-electron chi connectivity index (χ1n) is 7.80. The van der Waals surface area contributed by atoms with Crippen LogP contribution in [-0.2, 0) is 12.8 Å². The third kappa shape index (κ3) is 6.20. The van der Waals surface area contributed by atoms with E-state index in [0.717, 1.165) is 18.0 Å². The normalized spacial score (nSPS) is 12.0. The Balaban J connectivity index is 0.00000264. The van der Waals surface area contributed by atoms with Crippen LogP contribution in [-0.4, -0.2) is 29.8 Å². The van der Waals surface area contributed by atoms with Gasteiger partial charge in [-0.2, -0.15) is 4.98 Å². The summed E-state index contributed by atoms with van der Waals surface area (Å²) in [6, 6.07) is 8.54. The Morgan fingerprint density at radius 3 is 2.48 bits per heavy atom. The predicted molar refractivity (Wildman–Crippen MR) is 93.5 cm³/mol. The number of hydrogen-bond acceptors (Lipinski definition) is 5. The van der Waals surface area contributed by atoms with Crippen molar-refractivity contribution in [2.24, 2.45) is 0 Å². The molecular formula is C17H26ClN3O2. The van der Waals surface area contributed by atoms with Crippen LogP contribution < -0.4 is 10.1 Å². The number of ether oxygens (including phenoxy) is 1. The lowest BCUT2D eigenvalue weighted by Crippen LogP contribution is -2.24. The monoisotopic (exact) mass is 339 g/mol. The number of nitrogens with zero attached hydrogens (tertiary/aromatic N) is 2. The van der Waals surface area contributed by atoms with Gasteiger partial charge in [0.15, 0.2) is 5.82 Å². The van der Waals surface area contributed by atoms with Crippen LogP contribution in [0.25, 0.3) is 0 Å². The third-order valence-electron chi connectivity index (χ3n) is 3.62. The van der Waals surface area contributed by atoms with Gasteiger partial charge in [-0.3, -0.25) is 0 Å². The van der Waals surface area contributed by atoms with Gasteiger partial charge >= 0.3 is 0 Å². The van der Waals surface area contributed by atoms with Gasteiger partial charge in [0, 0.05) is 12.5 Å². The standard InChI is InChI=1S/C17H25N3O2.ClH/c1-12(2)14-5-7-15(8-6-14)21-10-9-17-19-16(20-22-17)11-13(3)18-4;/h5-8,12-13,18H,9-11H2,1-4H3;1H. The summed E-state index contributed by atoms with van der Waals surface area (Å²) in [5.41, 5.74) is 1.31. The highest BCUT2D eigenvalue weighted by atomic mass is 35.5. The molecule has 23 heavy (non-hydrogen) atoms. The maximum atomic E-state index is 5.72. The average molecular weight is 340 g/mol. The molecule has 0 amide bonds. The van der Waals surface area contributed by atoms with Crippen LogP contribution in [0.3, 0.4) is 0 Å². The number of halogens is 1. The molecule has 2 rings (SSSR count). The molecule has 0 aliphatic rings. The van der Waals surface area contributed by atoms with Crippen molar-refractivity contribution in [1.29, 1.82) is 0 Å². The van der Waals surface area contributed by atoms with Crippen LogP contribution >= 0.6 is 12.4 Å². The first-order chi connectivity index (χ1) is 10.6. The fourth-order valence-electron chi connectivity index (χ4n) is 2.06. The molecule has 1 heterocycles. The van der Waals surface area contributed by atoms with Crippen LogP contribution in [0.4, 0.5) is 0 Å². The van der Waals surface area contributed by atoms with E-state index in [2.05, 4.69) is 48.4 Å². The summed E-state index contributed by atoms with van der Waals surface area (Å²) in [6.45, 7) is 6.97. The zero-order valence-electron chi connectivity index (χ0n) is 14.2.